The first-order chi connectivity index (χ1) is 5.79. The highest BCUT2D eigenvalue weighted by Gasteiger charge is 2.07. The maximum Gasteiger partial charge on any atom is 0.126 e. The Labute approximate surface area is 72.8 Å². The fraction of sp³-hybridized carbons (Fsp3) is 0.444. The maximum absolute atomic E-state index is 5.19. The predicted molar refractivity (Wildman–Crippen MR) is 48.3 cm³/mol. The van der Waals surface area contributed by atoms with Gasteiger partial charge < -0.3 is 10.1 Å². The standard InChI is InChI=1S/C9H14N2O/c1-7(10-2)8-6-11-5-4-9(8)12-3/h4-7,10H,1-3H3/t7-/m1/s1. The molecule has 1 aromatic rings. The van der Waals surface area contributed by atoms with Gasteiger partial charge in [-0.3, -0.25) is 4.98 Å². The minimum absolute atomic E-state index is 0.272. The average Bonchev–Trinajstić information content (AvgIpc) is 2.16. The summed E-state index contributed by atoms with van der Waals surface area (Å²) in [6, 6.07) is 2.14. The van der Waals surface area contributed by atoms with Gasteiger partial charge in [-0.25, -0.2) is 0 Å². The summed E-state index contributed by atoms with van der Waals surface area (Å²) in [5.74, 6) is 0.881. The molecule has 0 spiro atoms. The van der Waals surface area contributed by atoms with Crippen LogP contribution >= 0.6 is 0 Å². The second-order valence-electron chi connectivity index (χ2n) is 2.63. The van der Waals surface area contributed by atoms with Crippen LogP contribution < -0.4 is 10.1 Å². The third kappa shape index (κ3) is 1.74. The summed E-state index contributed by atoms with van der Waals surface area (Å²) in [5.41, 5.74) is 1.09. The Morgan fingerprint density at radius 3 is 2.92 bits per heavy atom. The molecule has 1 rings (SSSR count). The SMILES string of the molecule is CN[C@H](C)c1cnccc1OC. The summed E-state index contributed by atoms with van der Waals surface area (Å²) < 4.78 is 5.19. The molecule has 0 bridgehead atoms. The number of nitrogens with zero attached hydrogens (tertiary/aromatic N) is 1. The zero-order valence-electron chi connectivity index (χ0n) is 7.66. The van der Waals surface area contributed by atoms with Crippen molar-refractivity contribution in [2.45, 2.75) is 13.0 Å². The second kappa shape index (κ2) is 4.07. The van der Waals surface area contributed by atoms with Crippen molar-refractivity contribution in [1.82, 2.24) is 10.3 Å². The Bertz CT molecular complexity index is 250. The van der Waals surface area contributed by atoms with Crippen molar-refractivity contribution in [1.29, 1.82) is 0 Å². The minimum Gasteiger partial charge on any atom is -0.496 e. The van der Waals surface area contributed by atoms with Crippen molar-refractivity contribution in [3.63, 3.8) is 0 Å². The largest absolute Gasteiger partial charge is 0.496 e. The number of hydrogen-bond donors (Lipinski definition) is 1. The van der Waals surface area contributed by atoms with Crippen molar-refractivity contribution < 1.29 is 4.74 Å². The molecule has 0 aromatic carbocycles. The maximum atomic E-state index is 5.19. The molecule has 0 fully saturated rings. The van der Waals surface area contributed by atoms with Crippen molar-refractivity contribution in [2.24, 2.45) is 0 Å². The molecule has 3 nitrogen and oxygen atoms in total. The summed E-state index contributed by atoms with van der Waals surface area (Å²) in [5, 5.41) is 3.14. The lowest BCUT2D eigenvalue weighted by atomic mass is 10.1. The monoisotopic (exact) mass is 166 g/mol. The van der Waals surface area contributed by atoms with Crippen LogP contribution in [0.1, 0.15) is 18.5 Å². The summed E-state index contributed by atoms with van der Waals surface area (Å²) in [4.78, 5) is 4.04. The molecule has 1 heterocycles. The Hall–Kier alpha value is -1.09. The highest BCUT2D eigenvalue weighted by molar-refractivity contribution is 5.32. The van der Waals surface area contributed by atoms with Crippen LogP contribution in [0.2, 0.25) is 0 Å². The van der Waals surface area contributed by atoms with Gasteiger partial charge in [-0.2, -0.15) is 0 Å². The number of aromatic nitrogens is 1. The van der Waals surface area contributed by atoms with Crippen LogP contribution in [0, 0.1) is 0 Å². The van der Waals surface area contributed by atoms with Gasteiger partial charge in [0, 0.05) is 24.0 Å². The van der Waals surface area contributed by atoms with Gasteiger partial charge in [-0.15, -0.1) is 0 Å². The van der Waals surface area contributed by atoms with Crippen LogP contribution in [-0.4, -0.2) is 19.1 Å². The predicted octanol–water partition coefficient (Wildman–Crippen LogP) is 1.37. The van der Waals surface area contributed by atoms with E-state index in [1.165, 1.54) is 0 Å². The van der Waals surface area contributed by atoms with Crippen LogP contribution in [0.5, 0.6) is 5.75 Å². The summed E-state index contributed by atoms with van der Waals surface area (Å²) in [7, 11) is 3.58. The van der Waals surface area contributed by atoms with Gasteiger partial charge in [0.15, 0.2) is 0 Å². The van der Waals surface area contributed by atoms with Crippen LogP contribution in [-0.2, 0) is 0 Å². The van der Waals surface area contributed by atoms with Crippen molar-refractivity contribution in [3.05, 3.63) is 24.0 Å². The smallest absolute Gasteiger partial charge is 0.126 e. The summed E-state index contributed by atoms with van der Waals surface area (Å²) >= 11 is 0. The molecule has 0 aliphatic heterocycles. The molecule has 0 saturated heterocycles. The third-order valence-electron chi connectivity index (χ3n) is 1.93. The second-order valence-corrected chi connectivity index (χ2v) is 2.63. The van der Waals surface area contributed by atoms with E-state index in [1.54, 1.807) is 13.3 Å². The molecule has 1 N–H and O–H groups in total. The van der Waals surface area contributed by atoms with E-state index < -0.39 is 0 Å². The van der Waals surface area contributed by atoms with E-state index in [9.17, 15) is 0 Å². The van der Waals surface area contributed by atoms with Crippen molar-refractivity contribution >= 4 is 0 Å². The van der Waals surface area contributed by atoms with Gasteiger partial charge in [-0.05, 0) is 20.0 Å². The number of pyridine rings is 1. The molecule has 0 amide bonds. The van der Waals surface area contributed by atoms with Crippen LogP contribution in [0.25, 0.3) is 0 Å². The Morgan fingerprint density at radius 1 is 1.58 bits per heavy atom. The molecule has 0 aliphatic rings. The number of rotatable bonds is 3. The molecular formula is C9H14N2O. The zero-order valence-corrected chi connectivity index (χ0v) is 7.66. The number of ether oxygens (including phenoxy) is 1. The molecule has 1 aromatic heterocycles. The quantitative estimate of drug-likeness (QED) is 0.736. The Kier molecular flexibility index (Phi) is 3.05. The molecule has 0 unspecified atom stereocenters. The summed E-state index contributed by atoms with van der Waals surface area (Å²) in [6.45, 7) is 2.07. The first-order valence-electron chi connectivity index (χ1n) is 3.94. The Morgan fingerprint density at radius 2 is 2.33 bits per heavy atom. The van der Waals surface area contributed by atoms with Crippen LogP contribution in [0.15, 0.2) is 18.5 Å². The fourth-order valence-corrected chi connectivity index (χ4v) is 1.06. The van der Waals surface area contributed by atoms with E-state index in [1.807, 2.05) is 19.3 Å². The minimum atomic E-state index is 0.272. The number of methoxy groups -OCH3 is 1. The number of nitrogens with one attached hydrogen (secondary N) is 1. The first-order valence-corrected chi connectivity index (χ1v) is 3.94. The van der Waals surface area contributed by atoms with E-state index in [0.29, 0.717) is 0 Å². The molecule has 12 heavy (non-hydrogen) atoms. The van der Waals surface area contributed by atoms with Gasteiger partial charge in [0.2, 0.25) is 0 Å². The first kappa shape index (κ1) is 9.00. The van der Waals surface area contributed by atoms with Gasteiger partial charge in [0.1, 0.15) is 5.75 Å². The van der Waals surface area contributed by atoms with Gasteiger partial charge in [-0.1, -0.05) is 0 Å². The van der Waals surface area contributed by atoms with E-state index in [4.69, 9.17) is 4.74 Å². The molecule has 1 atom stereocenters. The Balaban J connectivity index is 2.96. The molecule has 0 radical (unpaired) electrons. The van der Waals surface area contributed by atoms with Gasteiger partial charge in [0.25, 0.3) is 0 Å². The molecule has 3 heteroatoms. The molecule has 66 valence electrons. The highest BCUT2D eigenvalue weighted by Crippen LogP contribution is 2.22. The van der Waals surface area contributed by atoms with E-state index in [0.717, 1.165) is 11.3 Å². The van der Waals surface area contributed by atoms with E-state index >= 15 is 0 Å². The van der Waals surface area contributed by atoms with Gasteiger partial charge in [0.05, 0.1) is 7.11 Å². The fourth-order valence-electron chi connectivity index (χ4n) is 1.06. The molecule has 0 saturated carbocycles. The summed E-state index contributed by atoms with van der Waals surface area (Å²) in [6.07, 6.45) is 3.55. The molecular weight excluding hydrogens is 152 g/mol. The topological polar surface area (TPSA) is 34.2 Å². The normalized spacial score (nSPS) is 12.6. The van der Waals surface area contributed by atoms with Gasteiger partial charge >= 0.3 is 0 Å². The van der Waals surface area contributed by atoms with Crippen LogP contribution in [0.4, 0.5) is 0 Å². The van der Waals surface area contributed by atoms with E-state index in [2.05, 4.69) is 17.2 Å². The average molecular weight is 166 g/mol. The lowest BCUT2D eigenvalue weighted by Crippen LogP contribution is -2.13. The van der Waals surface area contributed by atoms with Crippen molar-refractivity contribution in [3.8, 4) is 5.75 Å². The lowest BCUT2D eigenvalue weighted by Gasteiger charge is -2.13. The zero-order chi connectivity index (χ0) is 8.97. The highest BCUT2D eigenvalue weighted by atomic mass is 16.5. The lowest BCUT2D eigenvalue weighted by molar-refractivity contribution is 0.403. The van der Waals surface area contributed by atoms with Crippen LogP contribution in [0.3, 0.4) is 0 Å². The third-order valence-corrected chi connectivity index (χ3v) is 1.93. The molecule has 0 aliphatic carbocycles. The van der Waals surface area contributed by atoms with E-state index in [-0.39, 0.29) is 6.04 Å². The van der Waals surface area contributed by atoms with Crippen molar-refractivity contribution in [2.75, 3.05) is 14.2 Å². The number of hydrogen-bond acceptors (Lipinski definition) is 3.